The van der Waals surface area contributed by atoms with Gasteiger partial charge in [-0.25, -0.2) is 4.99 Å². The zero-order valence-corrected chi connectivity index (χ0v) is 15.6. The lowest BCUT2D eigenvalue weighted by Crippen LogP contribution is -2.37. The van der Waals surface area contributed by atoms with Crippen LogP contribution >= 0.6 is 0 Å². The first-order chi connectivity index (χ1) is 13.1. The van der Waals surface area contributed by atoms with Gasteiger partial charge < -0.3 is 25.4 Å². The molecule has 0 bridgehead atoms. The first kappa shape index (κ1) is 18.6. The minimum Gasteiger partial charge on any atom is -0.493 e. The molecule has 0 aliphatic carbocycles. The van der Waals surface area contributed by atoms with Gasteiger partial charge in [0.1, 0.15) is 6.54 Å². The van der Waals surface area contributed by atoms with Crippen LogP contribution in [0, 0.1) is 0 Å². The molecule has 0 saturated carbocycles. The van der Waals surface area contributed by atoms with E-state index in [1.54, 1.807) is 37.3 Å². The van der Waals surface area contributed by atoms with Crippen LogP contribution in [0.1, 0.15) is 12.0 Å². The molecule has 2 aromatic carbocycles. The third kappa shape index (κ3) is 4.31. The fraction of sp³-hybridized carbons (Fsp3) is 0.300. The zero-order chi connectivity index (χ0) is 19.2. The molecule has 7 heteroatoms. The number of anilines is 2. The molecular weight excluding hydrogens is 344 g/mol. The van der Waals surface area contributed by atoms with Crippen molar-refractivity contribution in [1.29, 1.82) is 0 Å². The van der Waals surface area contributed by atoms with Gasteiger partial charge in [0, 0.05) is 24.0 Å². The first-order valence-corrected chi connectivity index (χ1v) is 8.79. The summed E-state index contributed by atoms with van der Waals surface area (Å²) in [7, 11) is 3.14. The average molecular weight is 368 g/mol. The van der Waals surface area contributed by atoms with E-state index < -0.39 is 0 Å². The number of hydrogen-bond donors (Lipinski definition) is 2. The number of aliphatic imine (C=N–C) groups is 1. The SMILES string of the molecule is COc1ccc(NC(N)=NCC(=O)N2CCCc3ccccc32)cc1OC. The number of carbonyl (C=O) groups excluding carboxylic acids is 1. The van der Waals surface area contributed by atoms with Crippen LogP contribution in [0.5, 0.6) is 11.5 Å². The number of nitrogens with zero attached hydrogens (tertiary/aromatic N) is 2. The maximum Gasteiger partial charge on any atom is 0.248 e. The van der Waals surface area contributed by atoms with Gasteiger partial charge >= 0.3 is 0 Å². The third-order valence-corrected chi connectivity index (χ3v) is 4.45. The number of hydrogen-bond acceptors (Lipinski definition) is 4. The number of carbonyl (C=O) groups is 1. The summed E-state index contributed by atoms with van der Waals surface area (Å²) in [6.07, 6.45) is 1.94. The van der Waals surface area contributed by atoms with Gasteiger partial charge in [0.25, 0.3) is 0 Å². The molecule has 0 fully saturated rings. The topological polar surface area (TPSA) is 89.2 Å². The van der Waals surface area contributed by atoms with Gasteiger partial charge in [0.2, 0.25) is 5.91 Å². The van der Waals surface area contributed by atoms with Crippen molar-refractivity contribution in [2.75, 3.05) is 37.5 Å². The molecule has 1 aliphatic rings. The van der Waals surface area contributed by atoms with E-state index in [1.165, 1.54) is 5.56 Å². The number of methoxy groups -OCH3 is 2. The molecule has 27 heavy (non-hydrogen) atoms. The Bertz CT molecular complexity index is 851. The number of para-hydroxylation sites is 1. The molecule has 7 nitrogen and oxygen atoms in total. The van der Waals surface area contributed by atoms with Crippen molar-refractivity contribution in [3.8, 4) is 11.5 Å². The number of guanidine groups is 1. The molecule has 1 heterocycles. The molecule has 2 aromatic rings. The third-order valence-electron chi connectivity index (χ3n) is 4.45. The van der Waals surface area contributed by atoms with Gasteiger partial charge in [0.15, 0.2) is 17.5 Å². The van der Waals surface area contributed by atoms with Gasteiger partial charge in [-0.3, -0.25) is 4.79 Å². The number of aryl methyl sites for hydroxylation is 1. The summed E-state index contributed by atoms with van der Waals surface area (Å²) < 4.78 is 10.5. The number of ether oxygens (including phenoxy) is 2. The number of fused-ring (bicyclic) bond motifs is 1. The minimum atomic E-state index is -0.0702. The summed E-state index contributed by atoms with van der Waals surface area (Å²) in [5.74, 6) is 1.30. The molecule has 1 aliphatic heterocycles. The van der Waals surface area contributed by atoms with Crippen molar-refractivity contribution in [3.63, 3.8) is 0 Å². The highest BCUT2D eigenvalue weighted by Crippen LogP contribution is 2.29. The Balaban J connectivity index is 1.65. The highest BCUT2D eigenvalue weighted by Gasteiger charge is 2.21. The normalized spacial score (nSPS) is 13.7. The molecule has 0 saturated heterocycles. The Morgan fingerprint density at radius 3 is 2.74 bits per heavy atom. The van der Waals surface area contributed by atoms with Gasteiger partial charge in [-0.05, 0) is 36.6 Å². The van der Waals surface area contributed by atoms with Gasteiger partial charge in [0.05, 0.1) is 14.2 Å². The van der Waals surface area contributed by atoms with E-state index >= 15 is 0 Å². The van der Waals surface area contributed by atoms with Gasteiger partial charge in [-0.2, -0.15) is 0 Å². The minimum absolute atomic E-state index is 0.0134. The van der Waals surface area contributed by atoms with Crippen molar-refractivity contribution in [2.45, 2.75) is 12.8 Å². The molecule has 0 atom stereocenters. The van der Waals surface area contributed by atoms with E-state index in [1.807, 2.05) is 18.2 Å². The maximum absolute atomic E-state index is 12.6. The van der Waals surface area contributed by atoms with E-state index in [0.717, 1.165) is 18.5 Å². The zero-order valence-electron chi connectivity index (χ0n) is 15.6. The van der Waals surface area contributed by atoms with Crippen LogP contribution < -0.4 is 25.4 Å². The summed E-state index contributed by atoms with van der Waals surface area (Å²) in [6, 6.07) is 13.3. The molecule has 3 rings (SSSR count). The summed E-state index contributed by atoms with van der Waals surface area (Å²) in [4.78, 5) is 18.6. The lowest BCUT2D eigenvalue weighted by atomic mass is 10.0. The Hall–Kier alpha value is -3.22. The van der Waals surface area contributed by atoms with Crippen LogP contribution in [0.3, 0.4) is 0 Å². The van der Waals surface area contributed by atoms with Crippen LogP contribution in [0.4, 0.5) is 11.4 Å². The highest BCUT2D eigenvalue weighted by molar-refractivity contribution is 5.99. The standard InChI is InChI=1S/C20H24N4O3/c1-26-17-10-9-15(12-18(17)27-2)23-20(21)22-13-19(25)24-11-5-7-14-6-3-4-8-16(14)24/h3-4,6,8-10,12H,5,7,11,13H2,1-2H3,(H3,21,22,23). The average Bonchev–Trinajstić information content (AvgIpc) is 2.71. The molecule has 0 aromatic heterocycles. The fourth-order valence-corrected chi connectivity index (χ4v) is 3.13. The van der Waals surface area contributed by atoms with Gasteiger partial charge in [-0.1, -0.05) is 18.2 Å². The van der Waals surface area contributed by atoms with Crippen LogP contribution in [0.25, 0.3) is 0 Å². The molecule has 0 unspecified atom stereocenters. The van der Waals surface area contributed by atoms with E-state index in [0.29, 0.717) is 23.7 Å². The molecule has 3 N–H and O–H groups in total. The first-order valence-electron chi connectivity index (χ1n) is 8.79. The summed E-state index contributed by atoms with van der Waals surface area (Å²) in [5, 5.41) is 2.97. The van der Waals surface area contributed by atoms with Crippen molar-refractivity contribution >= 4 is 23.2 Å². The number of nitrogens with two attached hydrogens (primary N) is 1. The molecule has 0 radical (unpaired) electrons. The Kier molecular flexibility index (Phi) is 5.80. The van der Waals surface area contributed by atoms with E-state index in [-0.39, 0.29) is 18.4 Å². The monoisotopic (exact) mass is 368 g/mol. The van der Waals surface area contributed by atoms with E-state index in [2.05, 4.69) is 16.4 Å². The largest absolute Gasteiger partial charge is 0.493 e. The van der Waals surface area contributed by atoms with Crippen LogP contribution in [-0.4, -0.2) is 39.2 Å². The molecule has 0 spiro atoms. The van der Waals surface area contributed by atoms with Gasteiger partial charge in [-0.15, -0.1) is 0 Å². The van der Waals surface area contributed by atoms with Crippen LogP contribution in [-0.2, 0) is 11.2 Å². The maximum atomic E-state index is 12.6. The lowest BCUT2D eigenvalue weighted by molar-refractivity contribution is -0.117. The number of nitrogens with one attached hydrogen (secondary N) is 1. The second kappa shape index (κ2) is 8.44. The second-order valence-electron chi connectivity index (χ2n) is 6.17. The Morgan fingerprint density at radius 2 is 1.96 bits per heavy atom. The highest BCUT2D eigenvalue weighted by atomic mass is 16.5. The molecule has 1 amide bonds. The summed E-state index contributed by atoms with van der Waals surface area (Å²) in [6.45, 7) is 0.689. The second-order valence-corrected chi connectivity index (χ2v) is 6.17. The predicted molar refractivity (Wildman–Crippen MR) is 107 cm³/mol. The fourth-order valence-electron chi connectivity index (χ4n) is 3.13. The number of benzene rings is 2. The molecular formula is C20H24N4O3. The van der Waals surface area contributed by atoms with E-state index in [4.69, 9.17) is 15.2 Å². The lowest BCUT2D eigenvalue weighted by Gasteiger charge is -2.29. The van der Waals surface area contributed by atoms with Crippen molar-refractivity contribution in [3.05, 3.63) is 48.0 Å². The molecule has 142 valence electrons. The number of amides is 1. The van der Waals surface area contributed by atoms with Crippen molar-refractivity contribution in [1.82, 2.24) is 0 Å². The smallest absolute Gasteiger partial charge is 0.248 e. The quantitative estimate of drug-likeness (QED) is 0.625. The van der Waals surface area contributed by atoms with Crippen LogP contribution in [0.15, 0.2) is 47.5 Å². The Labute approximate surface area is 158 Å². The predicted octanol–water partition coefficient (Wildman–Crippen LogP) is 2.41. The number of rotatable bonds is 5. The van der Waals surface area contributed by atoms with Crippen molar-refractivity contribution < 1.29 is 14.3 Å². The van der Waals surface area contributed by atoms with Crippen molar-refractivity contribution in [2.24, 2.45) is 10.7 Å². The Morgan fingerprint density at radius 1 is 1.19 bits per heavy atom. The summed E-state index contributed by atoms with van der Waals surface area (Å²) >= 11 is 0. The summed E-state index contributed by atoms with van der Waals surface area (Å²) in [5.41, 5.74) is 8.80. The van der Waals surface area contributed by atoms with Crippen LogP contribution in [0.2, 0.25) is 0 Å². The van der Waals surface area contributed by atoms with E-state index in [9.17, 15) is 4.79 Å².